The minimum Gasteiger partial charge on any atom is -0.356 e. The van der Waals surface area contributed by atoms with E-state index < -0.39 is 0 Å². The first kappa shape index (κ1) is 11.9. The molecule has 0 aliphatic carbocycles. The Labute approximate surface area is 101 Å². The van der Waals surface area contributed by atoms with Gasteiger partial charge in [-0.15, -0.1) is 0 Å². The second-order valence-corrected chi connectivity index (χ2v) is 5.12. The highest BCUT2D eigenvalue weighted by atomic mass is 16.2. The number of hydrogen-bond donors (Lipinski definition) is 1. The van der Waals surface area contributed by atoms with Crippen LogP contribution in [0.25, 0.3) is 0 Å². The monoisotopic (exact) mass is 234 g/mol. The maximum absolute atomic E-state index is 12.2. The lowest BCUT2D eigenvalue weighted by Gasteiger charge is -2.34. The van der Waals surface area contributed by atoms with Crippen LogP contribution in [0.4, 0.5) is 0 Å². The number of H-pyrrole nitrogens is 1. The molecule has 0 spiro atoms. The van der Waals surface area contributed by atoms with Gasteiger partial charge in [-0.2, -0.15) is 0 Å². The fourth-order valence-corrected chi connectivity index (χ4v) is 2.60. The van der Waals surface area contributed by atoms with E-state index in [1.54, 1.807) is 12.3 Å². The lowest BCUT2D eigenvalue weighted by atomic mass is 9.92. The Hall–Kier alpha value is -1.58. The molecule has 4 nitrogen and oxygen atoms in total. The number of rotatable bonds is 2. The van der Waals surface area contributed by atoms with Crippen LogP contribution in [0.1, 0.15) is 41.1 Å². The second-order valence-electron chi connectivity index (χ2n) is 5.12. The first-order chi connectivity index (χ1) is 8.10. The predicted octanol–water partition coefficient (Wildman–Crippen LogP) is 1.95. The van der Waals surface area contributed by atoms with Crippen LogP contribution in [0.3, 0.4) is 0 Å². The number of aromatic nitrogens is 1. The number of aldehydes is 1. The van der Waals surface area contributed by atoms with Crippen molar-refractivity contribution in [1.82, 2.24) is 9.88 Å². The van der Waals surface area contributed by atoms with Gasteiger partial charge in [-0.05, 0) is 24.3 Å². The van der Waals surface area contributed by atoms with Gasteiger partial charge in [-0.1, -0.05) is 13.8 Å². The number of piperidine rings is 1. The third kappa shape index (κ3) is 2.57. The van der Waals surface area contributed by atoms with E-state index >= 15 is 0 Å². The van der Waals surface area contributed by atoms with Gasteiger partial charge in [-0.3, -0.25) is 9.59 Å². The number of carbonyl (C=O) groups excluding carboxylic acids is 2. The standard InChI is InChI=1S/C13H18N2O2/c1-9-3-10(2)7-15(6-9)13(17)12-4-11(8-16)5-14-12/h4-5,8-10,14H,3,6-7H2,1-2H3. The van der Waals surface area contributed by atoms with E-state index in [4.69, 9.17) is 0 Å². The van der Waals surface area contributed by atoms with Gasteiger partial charge in [0.15, 0.2) is 6.29 Å². The second kappa shape index (κ2) is 4.73. The summed E-state index contributed by atoms with van der Waals surface area (Å²) in [6.45, 7) is 5.94. The molecule has 1 saturated heterocycles. The minimum atomic E-state index is -0.00324. The van der Waals surface area contributed by atoms with Gasteiger partial charge in [0.1, 0.15) is 5.69 Å². The summed E-state index contributed by atoms with van der Waals surface area (Å²) in [4.78, 5) is 27.5. The van der Waals surface area contributed by atoms with E-state index in [1.165, 1.54) is 6.42 Å². The van der Waals surface area contributed by atoms with Crippen molar-refractivity contribution in [2.75, 3.05) is 13.1 Å². The molecule has 2 heterocycles. The zero-order valence-corrected chi connectivity index (χ0v) is 10.3. The van der Waals surface area contributed by atoms with Gasteiger partial charge in [0.05, 0.1) is 0 Å². The molecule has 0 saturated carbocycles. The third-order valence-electron chi connectivity index (χ3n) is 3.23. The largest absolute Gasteiger partial charge is 0.356 e. The lowest BCUT2D eigenvalue weighted by Crippen LogP contribution is -2.42. The number of carbonyl (C=O) groups is 2. The molecule has 0 radical (unpaired) electrons. The predicted molar refractivity (Wildman–Crippen MR) is 65.0 cm³/mol. The van der Waals surface area contributed by atoms with Crippen LogP contribution in [-0.4, -0.2) is 35.2 Å². The molecule has 0 bridgehead atoms. The van der Waals surface area contributed by atoms with Crippen molar-refractivity contribution in [3.05, 3.63) is 23.5 Å². The first-order valence-electron chi connectivity index (χ1n) is 6.03. The maximum atomic E-state index is 12.2. The highest BCUT2D eigenvalue weighted by Crippen LogP contribution is 2.22. The number of nitrogens with one attached hydrogen (secondary N) is 1. The van der Waals surface area contributed by atoms with Crippen LogP contribution in [0.5, 0.6) is 0 Å². The van der Waals surface area contributed by atoms with Crippen molar-refractivity contribution >= 4 is 12.2 Å². The van der Waals surface area contributed by atoms with Gasteiger partial charge in [-0.25, -0.2) is 0 Å². The maximum Gasteiger partial charge on any atom is 0.270 e. The molecule has 1 aromatic rings. The number of amides is 1. The molecular formula is C13H18N2O2. The smallest absolute Gasteiger partial charge is 0.270 e. The van der Waals surface area contributed by atoms with E-state index in [1.807, 2.05) is 4.90 Å². The molecule has 17 heavy (non-hydrogen) atoms. The minimum absolute atomic E-state index is 0.00324. The van der Waals surface area contributed by atoms with Crippen molar-refractivity contribution in [3.63, 3.8) is 0 Å². The summed E-state index contributed by atoms with van der Waals surface area (Å²) in [5.74, 6) is 1.09. The third-order valence-corrected chi connectivity index (χ3v) is 3.23. The molecule has 1 aliphatic heterocycles. The molecular weight excluding hydrogens is 216 g/mol. The van der Waals surface area contributed by atoms with E-state index in [2.05, 4.69) is 18.8 Å². The average molecular weight is 234 g/mol. The molecule has 92 valence electrons. The molecule has 2 atom stereocenters. The summed E-state index contributed by atoms with van der Waals surface area (Å²) in [5.41, 5.74) is 1.03. The number of nitrogens with zero attached hydrogens (tertiary/aromatic N) is 1. The summed E-state index contributed by atoms with van der Waals surface area (Å²) in [5, 5.41) is 0. The summed E-state index contributed by atoms with van der Waals surface area (Å²) in [6.07, 6.45) is 3.49. The lowest BCUT2D eigenvalue weighted by molar-refractivity contribution is 0.0618. The van der Waals surface area contributed by atoms with Crippen molar-refractivity contribution < 1.29 is 9.59 Å². The molecule has 1 fully saturated rings. The van der Waals surface area contributed by atoms with E-state index in [-0.39, 0.29) is 5.91 Å². The SMILES string of the molecule is CC1CC(C)CN(C(=O)c2cc(C=O)c[nH]2)C1. The fraction of sp³-hybridized carbons (Fsp3) is 0.538. The molecule has 1 aromatic heterocycles. The van der Waals surface area contributed by atoms with Crippen molar-refractivity contribution in [1.29, 1.82) is 0 Å². The normalized spacial score (nSPS) is 24.7. The van der Waals surface area contributed by atoms with Crippen LogP contribution in [-0.2, 0) is 0 Å². The fourth-order valence-electron chi connectivity index (χ4n) is 2.60. The Morgan fingerprint density at radius 3 is 2.59 bits per heavy atom. The highest BCUT2D eigenvalue weighted by Gasteiger charge is 2.26. The molecule has 0 aromatic carbocycles. The van der Waals surface area contributed by atoms with Crippen LogP contribution < -0.4 is 0 Å². The molecule has 1 aliphatic rings. The number of hydrogen-bond acceptors (Lipinski definition) is 2. The van der Waals surface area contributed by atoms with Gasteiger partial charge in [0.2, 0.25) is 0 Å². The van der Waals surface area contributed by atoms with E-state index in [9.17, 15) is 9.59 Å². The van der Waals surface area contributed by atoms with Crippen LogP contribution >= 0.6 is 0 Å². The van der Waals surface area contributed by atoms with Crippen molar-refractivity contribution in [2.24, 2.45) is 11.8 Å². The first-order valence-corrected chi connectivity index (χ1v) is 6.03. The average Bonchev–Trinajstić information content (AvgIpc) is 2.75. The molecule has 1 amide bonds. The number of likely N-dealkylation sites (tertiary alicyclic amines) is 1. The molecule has 4 heteroatoms. The quantitative estimate of drug-likeness (QED) is 0.795. The van der Waals surface area contributed by atoms with Crippen LogP contribution in [0.2, 0.25) is 0 Å². The van der Waals surface area contributed by atoms with Gasteiger partial charge in [0.25, 0.3) is 5.91 Å². The molecule has 1 N–H and O–H groups in total. The van der Waals surface area contributed by atoms with Crippen molar-refractivity contribution in [3.8, 4) is 0 Å². The summed E-state index contributed by atoms with van der Waals surface area (Å²) < 4.78 is 0. The van der Waals surface area contributed by atoms with Crippen molar-refractivity contribution in [2.45, 2.75) is 20.3 Å². The summed E-state index contributed by atoms with van der Waals surface area (Å²) >= 11 is 0. The Bertz CT molecular complexity index is 415. The Morgan fingerprint density at radius 1 is 1.41 bits per heavy atom. The van der Waals surface area contributed by atoms with E-state index in [0.717, 1.165) is 19.4 Å². The van der Waals surface area contributed by atoms with E-state index in [0.29, 0.717) is 23.1 Å². The topological polar surface area (TPSA) is 53.2 Å². The zero-order chi connectivity index (χ0) is 12.4. The van der Waals surface area contributed by atoms with Gasteiger partial charge < -0.3 is 9.88 Å². The summed E-state index contributed by atoms with van der Waals surface area (Å²) in [6, 6.07) is 1.61. The Morgan fingerprint density at radius 2 is 2.06 bits per heavy atom. The summed E-state index contributed by atoms with van der Waals surface area (Å²) in [7, 11) is 0. The van der Waals surface area contributed by atoms with Gasteiger partial charge >= 0.3 is 0 Å². The zero-order valence-electron chi connectivity index (χ0n) is 10.3. The molecule has 2 rings (SSSR count). The van der Waals surface area contributed by atoms with Gasteiger partial charge in [0, 0.05) is 24.8 Å². The van der Waals surface area contributed by atoms with Crippen LogP contribution in [0, 0.1) is 11.8 Å². The number of aromatic amines is 1. The highest BCUT2D eigenvalue weighted by molar-refractivity contribution is 5.94. The Kier molecular flexibility index (Phi) is 3.31. The Balaban J connectivity index is 2.11. The molecule has 2 unspecified atom stereocenters. The van der Waals surface area contributed by atoms with Crippen LogP contribution in [0.15, 0.2) is 12.3 Å².